The van der Waals surface area contributed by atoms with Gasteiger partial charge in [-0.25, -0.2) is 4.99 Å². The Labute approximate surface area is 225 Å². The third-order valence-electron chi connectivity index (χ3n) is 6.76. The number of rotatable bonds is 9. The van der Waals surface area contributed by atoms with Gasteiger partial charge in [0.1, 0.15) is 5.75 Å². The molecule has 0 radical (unpaired) electrons. The zero-order valence-corrected chi connectivity index (χ0v) is 22.1. The van der Waals surface area contributed by atoms with Gasteiger partial charge < -0.3 is 19.5 Å². The van der Waals surface area contributed by atoms with Crippen LogP contribution < -0.4 is 4.74 Å². The van der Waals surface area contributed by atoms with Crippen LogP contribution in [0.1, 0.15) is 34.8 Å². The summed E-state index contributed by atoms with van der Waals surface area (Å²) in [5.41, 5.74) is 2.60. The molecule has 2 aliphatic heterocycles. The lowest BCUT2D eigenvalue weighted by Gasteiger charge is -2.32. The average molecular weight is 561 g/mol. The molecule has 0 saturated heterocycles. The number of aliphatic hydroxyl groups excluding tert-OH is 1. The Balaban J connectivity index is 1.61. The van der Waals surface area contributed by atoms with Gasteiger partial charge >= 0.3 is 0 Å². The number of carbonyl (C=O) groups is 1. The van der Waals surface area contributed by atoms with E-state index in [1.165, 1.54) is 0 Å². The largest absolute Gasteiger partial charge is 0.494 e. The van der Waals surface area contributed by atoms with Crippen molar-refractivity contribution in [1.29, 1.82) is 0 Å². The maximum absolute atomic E-state index is 14.3. The minimum absolute atomic E-state index is 0.0803. The average Bonchev–Trinajstić information content (AvgIpc) is 3.27. The summed E-state index contributed by atoms with van der Waals surface area (Å²) >= 11 is 3.67. The summed E-state index contributed by atoms with van der Waals surface area (Å²) in [5, 5.41) is 8.99. The van der Waals surface area contributed by atoms with E-state index in [1.807, 2.05) is 77.7 Å². The van der Waals surface area contributed by atoms with Gasteiger partial charge in [0.25, 0.3) is 5.91 Å². The van der Waals surface area contributed by atoms with Crippen molar-refractivity contribution in [3.8, 4) is 5.75 Å². The molecule has 0 unspecified atom stereocenters. The second kappa shape index (κ2) is 10.9. The molecule has 0 saturated carbocycles. The molecule has 0 bridgehead atoms. The molecule has 190 valence electrons. The normalized spacial score (nSPS) is 20.4. The maximum Gasteiger partial charge on any atom is 0.255 e. The quantitative estimate of drug-likeness (QED) is 0.287. The van der Waals surface area contributed by atoms with E-state index in [0.717, 1.165) is 26.7 Å². The van der Waals surface area contributed by atoms with Gasteiger partial charge in [0, 0.05) is 48.1 Å². The van der Waals surface area contributed by atoms with Crippen LogP contribution in [-0.4, -0.2) is 47.1 Å². The van der Waals surface area contributed by atoms with Crippen molar-refractivity contribution < 1.29 is 19.4 Å². The SMILES string of the molecule is C=CCN1Cc2ccccc2[C@H]2OC(c3ccc(OCCCO)cc3)=N[C@@]2(Cc2ccccc2Br)C1=O. The summed E-state index contributed by atoms with van der Waals surface area (Å²) in [6.07, 6.45) is 2.13. The molecule has 3 aromatic carbocycles. The smallest absolute Gasteiger partial charge is 0.255 e. The van der Waals surface area contributed by atoms with Gasteiger partial charge in [-0.2, -0.15) is 0 Å². The van der Waals surface area contributed by atoms with E-state index in [4.69, 9.17) is 19.6 Å². The molecular formula is C30H29BrN2O4. The zero-order chi connectivity index (χ0) is 25.8. The van der Waals surface area contributed by atoms with Crippen molar-refractivity contribution in [3.05, 3.63) is 112 Å². The van der Waals surface area contributed by atoms with E-state index in [2.05, 4.69) is 22.5 Å². The number of aliphatic imine (C=N–C) groups is 1. The Morgan fingerprint density at radius 3 is 2.65 bits per heavy atom. The van der Waals surface area contributed by atoms with E-state index in [0.29, 0.717) is 44.2 Å². The summed E-state index contributed by atoms with van der Waals surface area (Å²) in [4.78, 5) is 21.3. The predicted molar refractivity (Wildman–Crippen MR) is 147 cm³/mol. The van der Waals surface area contributed by atoms with E-state index in [1.54, 1.807) is 6.08 Å². The molecule has 5 rings (SSSR count). The van der Waals surface area contributed by atoms with Crippen molar-refractivity contribution in [2.24, 2.45) is 4.99 Å². The number of aliphatic hydroxyl groups is 1. The molecule has 7 heteroatoms. The summed E-state index contributed by atoms with van der Waals surface area (Å²) in [5.74, 6) is 1.05. The number of hydrogen-bond donors (Lipinski definition) is 1. The van der Waals surface area contributed by atoms with Gasteiger partial charge in [-0.15, -0.1) is 6.58 Å². The van der Waals surface area contributed by atoms with Gasteiger partial charge in [0.15, 0.2) is 11.6 Å². The highest BCUT2D eigenvalue weighted by atomic mass is 79.9. The van der Waals surface area contributed by atoms with Crippen LogP contribution in [0.3, 0.4) is 0 Å². The summed E-state index contributed by atoms with van der Waals surface area (Å²) in [7, 11) is 0. The van der Waals surface area contributed by atoms with Gasteiger partial charge in [0.05, 0.1) is 6.61 Å². The van der Waals surface area contributed by atoms with Gasteiger partial charge in [-0.1, -0.05) is 64.5 Å². The Morgan fingerprint density at radius 2 is 1.89 bits per heavy atom. The molecule has 0 spiro atoms. The zero-order valence-electron chi connectivity index (χ0n) is 20.5. The summed E-state index contributed by atoms with van der Waals surface area (Å²) in [6.45, 7) is 5.30. The minimum Gasteiger partial charge on any atom is -0.494 e. The van der Waals surface area contributed by atoms with Crippen LogP contribution >= 0.6 is 15.9 Å². The van der Waals surface area contributed by atoms with Crippen LogP contribution in [-0.2, 0) is 22.5 Å². The molecule has 2 atom stereocenters. The van der Waals surface area contributed by atoms with Crippen molar-refractivity contribution >= 4 is 27.7 Å². The first-order valence-electron chi connectivity index (χ1n) is 12.4. The second-order valence-corrected chi connectivity index (χ2v) is 10.1. The van der Waals surface area contributed by atoms with Crippen LogP contribution in [0.5, 0.6) is 5.75 Å². The molecule has 0 aliphatic carbocycles. The number of fused-ring (bicyclic) bond motifs is 3. The molecular weight excluding hydrogens is 532 g/mol. The lowest BCUT2D eigenvalue weighted by atomic mass is 9.81. The molecule has 3 aromatic rings. The van der Waals surface area contributed by atoms with Crippen molar-refractivity contribution in [3.63, 3.8) is 0 Å². The number of carbonyl (C=O) groups excluding carboxylic acids is 1. The Morgan fingerprint density at radius 1 is 1.14 bits per heavy atom. The Hall–Kier alpha value is -3.42. The highest BCUT2D eigenvalue weighted by molar-refractivity contribution is 9.10. The van der Waals surface area contributed by atoms with Gasteiger partial charge in [-0.3, -0.25) is 4.79 Å². The van der Waals surface area contributed by atoms with Crippen LogP contribution in [0, 0.1) is 0 Å². The van der Waals surface area contributed by atoms with Crippen LogP contribution in [0.25, 0.3) is 0 Å². The standard InChI is InChI=1S/C30H29BrN2O4/c1-2-16-33-20-23-9-3-5-10-25(23)27-30(29(33)35,19-22-8-4-6-11-26(22)31)32-28(37-27)21-12-14-24(15-13-21)36-18-7-17-34/h2-6,8-15,27,34H,1,7,16-20H2/t27-,30-/m1/s1. The number of halogens is 1. The first-order valence-corrected chi connectivity index (χ1v) is 13.2. The second-order valence-electron chi connectivity index (χ2n) is 9.23. The number of benzene rings is 3. The monoisotopic (exact) mass is 560 g/mol. The van der Waals surface area contributed by atoms with Crippen molar-refractivity contribution in [2.75, 3.05) is 19.8 Å². The lowest BCUT2D eigenvalue weighted by Crippen LogP contribution is -2.49. The number of hydrogen-bond acceptors (Lipinski definition) is 5. The first kappa shape index (κ1) is 25.2. The molecule has 1 N–H and O–H groups in total. The predicted octanol–water partition coefficient (Wildman–Crippen LogP) is 5.24. The van der Waals surface area contributed by atoms with Gasteiger partial charge in [-0.05, 0) is 41.5 Å². The molecule has 1 amide bonds. The minimum atomic E-state index is -1.18. The number of ether oxygens (including phenoxy) is 2. The molecule has 0 aromatic heterocycles. The maximum atomic E-state index is 14.3. The number of amides is 1. The lowest BCUT2D eigenvalue weighted by molar-refractivity contribution is -0.139. The van der Waals surface area contributed by atoms with E-state index < -0.39 is 11.6 Å². The topological polar surface area (TPSA) is 71.4 Å². The fourth-order valence-electron chi connectivity index (χ4n) is 4.97. The van der Waals surface area contributed by atoms with Crippen LogP contribution in [0.4, 0.5) is 0 Å². The Bertz CT molecular complexity index is 1320. The molecule has 6 nitrogen and oxygen atoms in total. The van der Waals surface area contributed by atoms with E-state index in [9.17, 15) is 4.79 Å². The number of nitrogens with zero attached hydrogens (tertiary/aromatic N) is 2. The molecule has 37 heavy (non-hydrogen) atoms. The highest BCUT2D eigenvalue weighted by Gasteiger charge is 2.56. The van der Waals surface area contributed by atoms with Crippen molar-refractivity contribution in [2.45, 2.75) is 31.0 Å². The van der Waals surface area contributed by atoms with E-state index >= 15 is 0 Å². The summed E-state index contributed by atoms with van der Waals surface area (Å²) < 4.78 is 13.2. The summed E-state index contributed by atoms with van der Waals surface area (Å²) in [6, 6.07) is 23.5. The van der Waals surface area contributed by atoms with Crippen molar-refractivity contribution in [1.82, 2.24) is 4.90 Å². The van der Waals surface area contributed by atoms with Crippen LogP contribution in [0.15, 0.2) is 94.9 Å². The third-order valence-corrected chi connectivity index (χ3v) is 7.53. The highest BCUT2D eigenvalue weighted by Crippen LogP contribution is 2.47. The van der Waals surface area contributed by atoms with Gasteiger partial charge in [0.2, 0.25) is 5.90 Å². The third kappa shape index (κ3) is 4.93. The Kier molecular flexibility index (Phi) is 7.44. The fraction of sp³-hybridized carbons (Fsp3) is 0.267. The van der Waals surface area contributed by atoms with E-state index in [-0.39, 0.29) is 12.5 Å². The molecule has 2 aliphatic rings. The fourth-order valence-corrected chi connectivity index (χ4v) is 5.39. The molecule has 0 fully saturated rings. The first-order chi connectivity index (χ1) is 18.1. The van der Waals surface area contributed by atoms with Crippen LogP contribution in [0.2, 0.25) is 0 Å². The molecule has 2 heterocycles.